The summed E-state index contributed by atoms with van der Waals surface area (Å²) in [5.41, 5.74) is 0.809. The van der Waals surface area contributed by atoms with Gasteiger partial charge in [0.05, 0.1) is 12.5 Å². The number of aliphatic hydroxyl groups is 2. The van der Waals surface area contributed by atoms with Gasteiger partial charge in [-0.05, 0) is 32.1 Å². The molecule has 204 valence electrons. The molecule has 4 unspecified atom stereocenters. The van der Waals surface area contributed by atoms with E-state index in [1.807, 2.05) is 74.5 Å². The van der Waals surface area contributed by atoms with E-state index in [1.165, 1.54) is 4.90 Å². The fourth-order valence-corrected chi connectivity index (χ4v) is 8.64. The molecule has 6 heterocycles. The maximum absolute atomic E-state index is 14.8. The van der Waals surface area contributed by atoms with Crippen molar-refractivity contribution in [3.63, 3.8) is 0 Å². The lowest BCUT2D eigenvalue weighted by atomic mass is 9.61. The van der Waals surface area contributed by atoms with Crippen LogP contribution in [0.15, 0.2) is 66.5 Å². The number of fused-ring (bicyclic) bond motifs is 8. The van der Waals surface area contributed by atoms with Crippen molar-refractivity contribution in [2.24, 2.45) is 5.92 Å². The van der Waals surface area contributed by atoms with E-state index in [1.54, 1.807) is 11.1 Å². The summed E-state index contributed by atoms with van der Waals surface area (Å²) in [4.78, 5) is 37.8. The molecule has 5 aliphatic rings. The van der Waals surface area contributed by atoms with Gasteiger partial charge in [-0.25, -0.2) is 0 Å². The molecule has 3 N–H and O–H groups in total. The van der Waals surface area contributed by atoms with Crippen LogP contribution in [0.3, 0.4) is 0 Å². The van der Waals surface area contributed by atoms with Crippen LogP contribution in [-0.2, 0) is 20.6 Å². The summed E-state index contributed by atoms with van der Waals surface area (Å²) in [5.74, 6) is -1.05. The highest BCUT2D eigenvalue weighted by molar-refractivity contribution is 6.11. The van der Waals surface area contributed by atoms with Gasteiger partial charge in [-0.1, -0.05) is 56.3 Å². The van der Waals surface area contributed by atoms with E-state index in [2.05, 4.69) is 23.7 Å². The average molecular weight is 537 g/mol. The van der Waals surface area contributed by atoms with Gasteiger partial charge >= 0.3 is 0 Å². The summed E-state index contributed by atoms with van der Waals surface area (Å²) in [6.45, 7) is 7.98. The Bertz CT molecular complexity index is 1730. The van der Waals surface area contributed by atoms with Crippen LogP contribution in [0.2, 0.25) is 0 Å². The topological polar surface area (TPSA) is 100 Å². The number of para-hydroxylation sites is 2. The Morgan fingerprint density at radius 1 is 1.02 bits per heavy atom. The number of anilines is 1. The van der Waals surface area contributed by atoms with E-state index in [9.17, 15) is 19.8 Å². The highest BCUT2D eigenvalue weighted by atomic mass is 16.3. The molecule has 0 saturated carbocycles. The maximum atomic E-state index is 14.8. The lowest BCUT2D eigenvalue weighted by Crippen LogP contribution is -2.88. The van der Waals surface area contributed by atoms with Crippen molar-refractivity contribution < 1.29 is 19.8 Å². The van der Waals surface area contributed by atoms with Crippen LogP contribution >= 0.6 is 0 Å². The number of amides is 2. The number of H-pyrrole nitrogens is 1. The van der Waals surface area contributed by atoms with Crippen LogP contribution in [-0.4, -0.2) is 60.7 Å². The van der Waals surface area contributed by atoms with E-state index < -0.39 is 34.2 Å². The van der Waals surface area contributed by atoms with Crippen LogP contribution in [0, 0.1) is 5.92 Å². The van der Waals surface area contributed by atoms with Crippen LogP contribution < -0.4 is 4.90 Å². The lowest BCUT2D eigenvalue weighted by Gasteiger charge is -2.71. The monoisotopic (exact) mass is 536 g/mol. The molecule has 2 aromatic carbocycles. The molecule has 3 saturated heterocycles. The first-order valence-electron chi connectivity index (χ1n) is 13.9. The second-order valence-corrected chi connectivity index (χ2v) is 13.0. The van der Waals surface area contributed by atoms with Gasteiger partial charge in [0, 0.05) is 57.0 Å². The van der Waals surface area contributed by atoms with Crippen molar-refractivity contribution in [1.29, 1.82) is 0 Å². The van der Waals surface area contributed by atoms with E-state index >= 15 is 0 Å². The fraction of sp³-hybridized carbons (Fsp3) is 0.375. The standard InChI is InChI=1S/C32H32N4O4/c1-29(2)13-14-34-23(15-19-18-9-5-7-11-21(18)33-26(19)29)28(39)35-24(27(34)38)16-31(40)20-10-6-8-12-22(20)36-30(3,4)25(17-37)32(31,35)36/h5-15,24-25,33,37,40H,16-17H2,1-4H3. The fourth-order valence-electron chi connectivity index (χ4n) is 8.64. The van der Waals surface area contributed by atoms with Gasteiger partial charge < -0.3 is 20.1 Å². The lowest BCUT2D eigenvalue weighted by molar-refractivity contribution is -0.190. The number of rotatable bonds is 1. The number of aromatic nitrogens is 1. The molecule has 3 fully saturated rings. The third-order valence-corrected chi connectivity index (χ3v) is 10.3. The number of nitrogens with one attached hydrogen (secondary N) is 1. The largest absolute Gasteiger partial charge is 0.396 e. The zero-order chi connectivity index (χ0) is 28.0. The molecule has 8 heteroatoms. The molecule has 3 aromatic rings. The van der Waals surface area contributed by atoms with Crippen molar-refractivity contribution >= 4 is 34.5 Å². The predicted molar refractivity (Wildman–Crippen MR) is 151 cm³/mol. The number of aromatic amines is 1. The van der Waals surface area contributed by atoms with Crippen molar-refractivity contribution in [2.75, 3.05) is 11.5 Å². The molecule has 2 amide bonds. The summed E-state index contributed by atoms with van der Waals surface area (Å²) in [6.07, 6.45) is 5.57. The van der Waals surface area contributed by atoms with Gasteiger partial charge in [0.25, 0.3) is 11.8 Å². The Morgan fingerprint density at radius 3 is 2.52 bits per heavy atom. The van der Waals surface area contributed by atoms with Gasteiger partial charge in [0.15, 0.2) is 5.66 Å². The second-order valence-electron chi connectivity index (χ2n) is 13.0. The number of allylic oxidation sites excluding steroid dienone is 1. The smallest absolute Gasteiger partial charge is 0.273 e. The van der Waals surface area contributed by atoms with Gasteiger partial charge in [0.1, 0.15) is 17.3 Å². The molecule has 1 aromatic heterocycles. The number of nitrogens with zero attached hydrogens (tertiary/aromatic N) is 3. The van der Waals surface area contributed by atoms with Crippen molar-refractivity contribution in [3.8, 4) is 0 Å². The molecule has 40 heavy (non-hydrogen) atoms. The van der Waals surface area contributed by atoms with Gasteiger partial charge in [-0.2, -0.15) is 0 Å². The second kappa shape index (κ2) is 7.06. The number of benzene rings is 2. The molecular formula is C32H32N4O4. The van der Waals surface area contributed by atoms with Crippen LogP contribution in [0.4, 0.5) is 5.69 Å². The summed E-state index contributed by atoms with van der Waals surface area (Å²) < 4.78 is 0. The molecule has 1 spiro atoms. The highest BCUT2D eigenvalue weighted by Crippen LogP contribution is 2.72. The molecular weight excluding hydrogens is 504 g/mol. The third-order valence-electron chi connectivity index (χ3n) is 10.3. The number of carbonyl (C=O) groups is 2. The van der Waals surface area contributed by atoms with Gasteiger partial charge in [-0.3, -0.25) is 19.4 Å². The van der Waals surface area contributed by atoms with E-state index in [0.29, 0.717) is 5.56 Å². The summed E-state index contributed by atoms with van der Waals surface area (Å²) in [7, 11) is 0. The molecule has 4 atom stereocenters. The minimum absolute atomic E-state index is 0.0665. The molecule has 0 bridgehead atoms. The van der Waals surface area contributed by atoms with Crippen molar-refractivity contribution in [1.82, 2.24) is 14.8 Å². The number of piperazine rings is 1. The molecule has 8 nitrogen and oxygen atoms in total. The Morgan fingerprint density at radius 2 is 1.75 bits per heavy atom. The number of hydrogen-bond donors (Lipinski definition) is 3. The summed E-state index contributed by atoms with van der Waals surface area (Å²) >= 11 is 0. The zero-order valence-corrected chi connectivity index (χ0v) is 23.0. The van der Waals surface area contributed by atoms with Crippen LogP contribution in [0.25, 0.3) is 17.0 Å². The van der Waals surface area contributed by atoms with Crippen LogP contribution in [0.5, 0.6) is 0 Å². The quantitative estimate of drug-likeness (QED) is 0.442. The zero-order valence-electron chi connectivity index (χ0n) is 23.0. The SMILES string of the molecule is CC1(C)C=CN2C(=O)C3CC4(O)c5ccccc5N5C(C)(C)C(CO)C54N3C(=O)C2=Cc2c1[nH]c1ccccc21. The first kappa shape index (κ1) is 24.0. The van der Waals surface area contributed by atoms with E-state index in [0.717, 1.165) is 27.8 Å². The number of aliphatic hydroxyl groups excluding tert-OH is 1. The first-order valence-corrected chi connectivity index (χ1v) is 13.9. The average Bonchev–Trinajstić information content (AvgIpc) is 3.48. The molecule has 5 aliphatic heterocycles. The molecule has 8 rings (SSSR count). The number of carbonyl (C=O) groups excluding carboxylic acids is 2. The van der Waals surface area contributed by atoms with E-state index in [-0.39, 0.29) is 30.5 Å². The maximum Gasteiger partial charge on any atom is 0.273 e. The minimum Gasteiger partial charge on any atom is -0.396 e. The first-order chi connectivity index (χ1) is 19.0. The Kier molecular flexibility index (Phi) is 4.23. The van der Waals surface area contributed by atoms with Crippen molar-refractivity contribution in [2.45, 2.75) is 62.4 Å². The van der Waals surface area contributed by atoms with Gasteiger partial charge in [0.2, 0.25) is 0 Å². The normalized spacial score (nSPS) is 32.4. The number of hydrogen-bond acceptors (Lipinski definition) is 5. The Balaban J connectivity index is 1.38. The predicted octanol–water partition coefficient (Wildman–Crippen LogP) is 3.56. The molecule has 0 radical (unpaired) electrons. The molecule has 0 aliphatic carbocycles. The summed E-state index contributed by atoms with van der Waals surface area (Å²) in [6, 6.07) is 14.7. The van der Waals surface area contributed by atoms with Crippen molar-refractivity contribution in [3.05, 3.63) is 83.3 Å². The third kappa shape index (κ3) is 2.35. The Labute approximate surface area is 232 Å². The van der Waals surface area contributed by atoms with Crippen LogP contribution in [0.1, 0.15) is 50.9 Å². The van der Waals surface area contributed by atoms with Gasteiger partial charge in [-0.15, -0.1) is 0 Å². The Hall–Kier alpha value is -3.88. The van der Waals surface area contributed by atoms with E-state index in [4.69, 9.17) is 0 Å². The summed E-state index contributed by atoms with van der Waals surface area (Å²) in [5, 5.41) is 24.3. The highest BCUT2D eigenvalue weighted by Gasteiger charge is 2.85. The minimum atomic E-state index is -1.52.